The van der Waals surface area contributed by atoms with Gasteiger partial charge in [-0.3, -0.25) is 43.8 Å². The Morgan fingerprint density at radius 1 is 0.411 bits per heavy atom. The van der Waals surface area contributed by atoms with Gasteiger partial charge in [-0.1, -0.05) is 158 Å². The molecule has 0 aliphatic heterocycles. The molecule has 8 N–H and O–H groups in total. The van der Waals surface area contributed by atoms with Gasteiger partial charge in [0.25, 0.3) is 22.2 Å². The van der Waals surface area contributed by atoms with Gasteiger partial charge in [0.15, 0.2) is 19.7 Å². The van der Waals surface area contributed by atoms with Crippen molar-refractivity contribution < 1.29 is 34.4 Å². The lowest BCUT2D eigenvalue weighted by molar-refractivity contribution is -0.137. The van der Waals surface area contributed by atoms with Gasteiger partial charge in [0.1, 0.15) is 11.6 Å². The zero-order valence-electron chi connectivity index (χ0n) is 68.9. The number of allylic oxidation sites excluding steroid dienone is 8. The van der Waals surface area contributed by atoms with Gasteiger partial charge >= 0.3 is 28.9 Å². The molecule has 4 aliphatic carbocycles. The summed E-state index contributed by atoms with van der Waals surface area (Å²) >= 11 is 0. The monoisotopic (exact) mass is 1720 g/mol. The van der Waals surface area contributed by atoms with Crippen LogP contribution in [0.15, 0.2) is 249 Å². The maximum absolute atomic E-state index is 14.6. The van der Waals surface area contributed by atoms with E-state index in [0.717, 1.165) is 120 Å². The van der Waals surface area contributed by atoms with E-state index >= 15 is 0 Å². The molecule has 6 aromatic heterocycles. The predicted molar refractivity (Wildman–Crippen MR) is 469 cm³/mol. The first-order chi connectivity index (χ1) is 59.3. The third-order valence-corrected chi connectivity index (χ3v) is 25.2. The molecule has 124 heavy (non-hydrogen) atoms. The van der Waals surface area contributed by atoms with E-state index < -0.39 is 76.0 Å². The summed E-state index contributed by atoms with van der Waals surface area (Å²) in [7, 11) is -7.28. The summed E-state index contributed by atoms with van der Waals surface area (Å²) < 4.78 is 105. The molecule has 642 valence electrons. The van der Waals surface area contributed by atoms with Crippen LogP contribution in [0.2, 0.25) is 0 Å². The van der Waals surface area contributed by atoms with E-state index in [2.05, 4.69) is 80.1 Å². The van der Waals surface area contributed by atoms with Crippen LogP contribution >= 0.6 is 0 Å². The van der Waals surface area contributed by atoms with Crippen LogP contribution in [0.25, 0.3) is 22.3 Å². The number of benzene rings is 6. The van der Waals surface area contributed by atoms with E-state index in [9.17, 15) is 72.8 Å². The maximum atomic E-state index is 14.6. The van der Waals surface area contributed by atoms with Gasteiger partial charge in [-0.25, -0.2) is 50.4 Å². The average Bonchev–Trinajstić information content (AvgIpc) is 0.785. The molecule has 4 atom stereocenters. The Balaban J connectivity index is 0.000000143. The zero-order valence-corrected chi connectivity index (χ0v) is 70.5. The average molecular weight is 1720 g/mol. The van der Waals surface area contributed by atoms with E-state index in [-0.39, 0.29) is 51.7 Å². The number of aromatic amines is 8. The molecule has 0 spiro atoms. The fraction of sp³-hybridized carbons (Fsp3) is 0.287. The second-order valence-corrected chi connectivity index (χ2v) is 35.6. The van der Waals surface area contributed by atoms with Crippen molar-refractivity contribution in [2.24, 2.45) is 0 Å². The summed E-state index contributed by atoms with van der Waals surface area (Å²) in [6.45, 7) is 6.82. The Hall–Kier alpha value is -13.1. The van der Waals surface area contributed by atoms with Gasteiger partial charge in [-0.15, -0.1) is 0 Å². The Kier molecular flexibility index (Phi) is 27.9. The van der Waals surface area contributed by atoms with Crippen molar-refractivity contribution >= 4 is 42.0 Å². The van der Waals surface area contributed by atoms with E-state index in [4.69, 9.17) is 0 Å². The second-order valence-electron chi connectivity index (χ2n) is 31.6. The lowest BCUT2D eigenvalue weighted by atomic mass is 9.82. The van der Waals surface area contributed by atoms with Crippen LogP contribution in [0.3, 0.4) is 0 Å². The summed E-state index contributed by atoms with van der Waals surface area (Å²) in [4.78, 5) is 127. The lowest BCUT2D eigenvalue weighted by Crippen LogP contribution is -2.30. The lowest BCUT2D eigenvalue weighted by Gasteiger charge is -2.25. The van der Waals surface area contributed by atoms with Gasteiger partial charge in [0.2, 0.25) is 0 Å². The molecule has 12 aromatic rings. The molecule has 0 bridgehead atoms. The zero-order chi connectivity index (χ0) is 88.2. The van der Waals surface area contributed by atoms with Crippen LogP contribution in [-0.4, -0.2) is 89.0 Å². The van der Waals surface area contributed by atoms with Crippen molar-refractivity contribution in [3.8, 4) is 0 Å². The largest absolute Gasteiger partial charge is 0.417 e. The molecular formula is C94H94F4N12O12S2. The number of aryl methyl sites for hydroxylation is 3. The fourth-order valence-corrected chi connectivity index (χ4v) is 17.9. The molecule has 16 rings (SSSR count). The van der Waals surface area contributed by atoms with E-state index in [0.29, 0.717) is 109 Å². The number of hydrogen-bond donors (Lipinski definition) is 8. The Morgan fingerprint density at radius 3 is 1.05 bits per heavy atom. The summed E-state index contributed by atoms with van der Waals surface area (Å²) in [6, 6.07) is 47.7. The van der Waals surface area contributed by atoms with E-state index in [1.807, 2.05) is 158 Å². The van der Waals surface area contributed by atoms with Gasteiger partial charge in [-0.2, -0.15) is 18.3 Å². The molecule has 4 unspecified atom stereocenters. The number of H-pyrrole nitrogens is 8. The van der Waals surface area contributed by atoms with Crippen LogP contribution in [0.1, 0.15) is 214 Å². The van der Waals surface area contributed by atoms with Crippen molar-refractivity contribution in [2.45, 2.75) is 170 Å². The van der Waals surface area contributed by atoms with Crippen molar-refractivity contribution in [2.75, 3.05) is 12.5 Å². The third-order valence-electron chi connectivity index (χ3n) is 22.9. The number of aromatic nitrogens is 12. The first kappa shape index (κ1) is 88.7. The van der Waals surface area contributed by atoms with Gasteiger partial charge in [-0.05, 0) is 178 Å². The molecule has 24 nitrogen and oxygen atoms in total. The molecule has 6 heterocycles. The molecule has 6 aromatic carbocycles. The smallest absolute Gasteiger partial charge is 0.311 e. The van der Waals surface area contributed by atoms with Crippen molar-refractivity contribution in [1.29, 1.82) is 0 Å². The summed E-state index contributed by atoms with van der Waals surface area (Å²) in [6.07, 6.45) is 18.4. The highest BCUT2D eigenvalue weighted by Gasteiger charge is 2.37. The highest BCUT2D eigenvalue weighted by molar-refractivity contribution is 7.91. The number of hydrogen-bond acceptors (Lipinski definition) is 15. The number of alkyl halides is 3. The molecule has 30 heteroatoms. The van der Waals surface area contributed by atoms with Gasteiger partial charge in [0, 0.05) is 137 Å². The van der Waals surface area contributed by atoms with Crippen LogP contribution in [0.5, 0.6) is 0 Å². The van der Waals surface area contributed by atoms with Crippen LogP contribution in [0, 0.1) is 19.7 Å². The highest BCUT2D eigenvalue weighted by Crippen LogP contribution is 2.44. The predicted octanol–water partition coefficient (Wildman–Crippen LogP) is 14.6. The van der Waals surface area contributed by atoms with Crippen LogP contribution in [-0.2, 0) is 58.1 Å². The molecule has 0 amide bonds. The number of rotatable bonds is 19. The Labute approximate surface area is 710 Å². The van der Waals surface area contributed by atoms with E-state index in [1.54, 1.807) is 6.08 Å². The number of sulfone groups is 2. The molecule has 4 aliphatic rings. The van der Waals surface area contributed by atoms with Gasteiger partial charge in [0.05, 0.1) is 26.7 Å². The fourth-order valence-electron chi connectivity index (χ4n) is 16.6. The first-order valence-corrected chi connectivity index (χ1v) is 44.7. The second kappa shape index (κ2) is 39.0. The van der Waals surface area contributed by atoms with Crippen molar-refractivity contribution in [3.05, 3.63) is 396 Å². The molecule has 0 saturated heterocycles. The van der Waals surface area contributed by atoms with Gasteiger partial charge < -0.3 is 19.9 Å². The third kappa shape index (κ3) is 22.2. The maximum Gasteiger partial charge on any atom is 0.417 e. The number of halogens is 4. The van der Waals surface area contributed by atoms with Crippen LogP contribution < -0.4 is 45.0 Å². The molecule has 0 fully saturated rings. The standard InChI is InChI=1S/C25H23F3N2O4S.C24H23FN2O4S.C23H26N4O2.C22H22N4O2/c1-35(33,34)18-11-12-19(21(14-18)25(26,27)28)16-7-9-17(10-8-16)22-20(23(31)30-24(32)29-22)13-15-5-3-2-4-6-15;1-32(30,31)18-11-12-19(21(25)14-18)16-7-9-17(10-8-16)22-20(23(28)27-24(29)26-22)13-15-5-3-2-4-6-15;1-3-27-20(13-15(2)26-27)17-9-11-18(12-10-17)21-19(22(28)25-23(29)24-21)14-16-7-5-4-6-8-16;1-14-23-12-18(13-24-14)16-7-9-17(10-8-16)20-19(21(27)26-22(28)25-20)11-15-5-3-2-4-6-15/h2-7,11-12,14,17H,8-10,13H2,1H3,(H2,29,30,31,32);2-7,11-12,14,17H,8-10,13H2,1H3,(H2,26,27,28,29);4-9,13,18H,3,10-12,14H2,1-2H3,(H2,24,25,28,29);2-7,12-13,17H,8-11H2,1H3,(H2,25,26,27,28). The van der Waals surface area contributed by atoms with Crippen molar-refractivity contribution in [3.63, 3.8) is 0 Å². The minimum atomic E-state index is -4.73. The quantitative estimate of drug-likeness (QED) is 0.0349. The Bertz CT molecular complexity index is 6810. The molecule has 0 radical (unpaired) electrons. The topological polar surface area (TPSA) is 375 Å². The normalized spacial score (nSPS) is 16.6. The summed E-state index contributed by atoms with van der Waals surface area (Å²) in [5.74, 6) is 0.0925. The number of nitrogens with zero attached hydrogens (tertiary/aromatic N) is 4. The van der Waals surface area contributed by atoms with E-state index in [1.165, 1.54) is 41.1 Å². The summed E-state index contributed by atoms with van der Waals surface area (Å²) in [5, 5.41) is 4.55. The summed E-state index contributed by atoms with van der Waals surface area (Å²) in [5.41, 5.74) is 11.6. The number of nitrogens with one attached hydrogen (secondary N) is 8. The minimum Gasteiger partial charge on any atom is -0.311 e. The molecular weight excluding hydrogens is 1630 g/mol. The minimum absolute atomic E-state index is 0.0559. The Morgan fingerprint density at radius 2 is 0.734 bits per heavy atom. The SMILES string of the molecule is CCn1nc(C)cc1C1=CCC(c2[nH]c(=O)[nH]c(=O)c2Cc2ccccc2)CC1.CS(=O)(=O)c1ccc(C2=CCC(c3[nH]c(=O)[nH]c(=O)c3Cc3ccccc3)CC2)c(C(F)(F)F)c1.CS(=O)(=O)c1ccc(C2=CCC(c3[nH]c(=O)[nH]c(=O)c3Cc3ccccc3)CC2)c(F)c1.Cc1ncc(C2=CCC(c3[nH]c(=O)[nH]c(=O)c3Cc3ccccc3)CC2)cn1. The first-order valence-electron chi connectivity index (χ1n) is 40.9. The molecule has 0 saturated carbocycles. The van der Waals surface area contributed by atoms with Crippen LogP contribution in [0.4, 0.5) is 17.6 Å². The highest BCUT2D eigenvalue weighted by atomic mass is 32.2. The van der Waals surface area contributed by atoms with Crippen molar-refractivity contribution in [1.82, 2.24) is 59.6 Å².